The van der Waals surface area contributed by atoms with Gasteiger partial charge in [-0.05, 0) is 63.9 Å². The summed E-state index contributed by atoms with van der Waals surface area (Å²) in [4.78, 5) is 52.5. The summed E-state index contributed by atoms with van der Waals surface area (Å²) in [5.41, 5.74) is 2.37. The molecule has 180 valence electrons. The van der Waals surface area contributed by atoms with Crippen LogP contribution in [0, 0.1) is 18.8 Å². The number of hydrogen-bond acceptors (Lipinski definition) is 9. The lowest BCUT2D eigenvalue weighted by Gasteiger charge is -2.50. The van der Waals surface area contributed by atoms with Gasteiger partial charge >= 0.3 is 0 Å². The van der Waals surface area contributed by atoms with Crippen LogP contribution in [-0.2, 0) is 20.8 Å². The SMILES string of the molecule is CC(=O)c1cc(C)c(O)c2c1CC1CC3C(N(C)C)C(=O)C(C(N)=O)=C(O)C3(O)C(=O)C1=C2O. The lowest BCUT2D eigenvalue weighted by atomic mass is 9.57. The Labute approximate surface area is 195 Å². The topological polar surface area (TPSA) is 178 Å². The van der Waals surface area contributed by atoms with Crippen LogP contribution in [-0.4, -0.2) is 74.3 Å². The summed E-state index contributed by atoms with van der Waals surface area (Å²) < 4.78 is 0. The molecule has 1 amide bonds. The van der Waals surface area contributed by atoms with Gasteiger partial charge in [0.15, 0.2) is 17.2 Å². The van der Waals surface area contributed by atoms with Crippen molar-refractivity contribution in [2.45, 2.75) is 38.3 Å². The number of aliphatic hydroxyl groups excluding tert-OH is 2. The van der Waals surface area contributed by atoms with E-state index < -0.39 is 58.0 Å². The van der Waals surface area contributed by atoms with Crippen LogP contribution in [0.15, 0.2) is 23.0 Å². The van der Waals surface area contributed by atoms with Gasteiger partial charge in [-0.25, -0.2) is 0 Å². The number of likely N-dealkylation sites (N-methyl/N-ethyl adjacent to an activating group) is 1. The second-order valence-electron chi connectivity index (χ2n) is 9.46. The van der Waals surface area contributed by atoms with Crippen LogP contribution in [0.3, 0.4) is 0 Å². The van der Waals surface area contributed by atoms with Crippen LogP contribution in [0.4, 0.5) is 0 Å². The van der Waals surface area contributed by atoms with Crippen molar-refractivity contribution in [3.8, 4) is 5.75 Å². The van der Waals surface area contributed by atoms with E-state index in [1.165, 1.54) is 32.0 Å². The van der Waals surface area contributed by atoms with Crippen molar-refractivity contribution in [3.05, 3.63) is 45.2 Å². The van der Waals surface area contributed by atoms with E-state index in [0.717, 1.165) is 0 Å². The lowest BCUT2D eigenvalue weighted by molar-refractivity contribution is -0.153. The second kappa shape index (κ2) is 7.51. The number of Topliss-reactive ketones (excluding diaryl/α,β-unsaturated/α-hetero) is 3. The van der Waals surface area contributed by atoms with Gasteiger partial charge in [-0.2, -0.15) is 0 Å². The number of carbonyl (C=O) groups excluding carboxylic acids is 4. The van der Waals surface area contributed by atoms with E-state index in [0.29, 0.717) is 11.1 Å². The average Bonchev–Trinajstić information content (AvgIpc) is 2.72. The standard InChI is InChI=1S/C24H26N2O8/c1-8-5-11(9(2)27)12-6-10-7-13-17(26(3)4)20(30)16(23(25)33)22(32)24(13,34)21(31)14(10)19(29)15(12)18(8)28/h5,10,13,17,28-29,32,34H,6-7H2,1-4H3,(H2,25,33). The molecule has 0 radical (unpaired) electrons. The number of aromatic hydroxyl groups is 1. The van der Waals surface area contributed by atoms with Crippen molar-refractivity contribution < 1.29 is 39.6 Å². The highest BCUT2D eigenvalue weighted by molar-refractivity contribution is 6.24. The summed E-state index contributed by atoms with van der Waals surface area (Å²) in [5.74, 6) is -7.42. The molecule has 4 unspecified atom stereocenters. The fourth-order valence-electron chi connectivity index (χ4n) is 5.76. The second-order valence-corrected chi connectivity index (χ2v) is 9.46. The summed E-state index contributed by atoms with van der Waals surface area (Å²) in [5, 5.41) is 44.1. The van der Waals surface area contributed by atoms with Crippen LogP contribution in [0.5, 0.6) is 5.75 Å². The van der Waals surface area contributed by atoms with Crippen LogP contribution in [0.2, 0.25) is 0 Å². The molecule has 1 fully saturated rings. The van der Waals surface area contributed by atoms with E-state index in [4.69, 9.17) is 5.73 Å². The van der Waals surface area contributed by atoms with Crippen molar-refractivity contribution in [1.82, 2.24) is 4.90 Å². The van der Waals surface area contributed by atoms with Crippen molar-refractivity contribution in [2.75, 3.05) is 14.1 Å². The molecule has 3 aliphatic rings. The maximum absolute atomic E-state index is 13.7. The fourth-order valence-corrected chi connectivity index (χ4v) is 5.76. The Morgan fingerprint density at radius 3 is 2.32 bits per heavy atom. The van der Waals surface area contributed by atoms with Crippen molar-refractivity contribution >= 4 is 29.0 Å². The number of rotatable bonds is 3. The van der Waals surface area contributed by atoms with E-state index in [-0.39, 0.29) is 41.1 Å². The number of aliphatic hydroxyl groups is 3. The predicted octanol–water partition coefficient (Wildman–Crippen LogP) is 0.475. The molecule has 6 N–H and O–H groups in total. The van der Waals surface area contributed by atoms with Gasteiger partial charge in [0.25, 0.3) is 5.91 Å². The number of nitrogens with two attached hydrogens (primary N) is 1. The third kappa shape index (κ3) is 2.88. The zero-order valence-corrected chi connectivity index (χ0v) is 19.2. The number of carbonyl (C=O) groups is 4. The number of ketones is 3. The third-order valence-corrected chi connectivity index (χ3v) is 7.29. The maximum atomic E-state index is 13.7. The van der Waals surface area contributed by atoms with Crippen LogP contribution in [0.25, 0.3) is 5.76 Å². The first kappa shape index (κ1) is 23.7. The van der Waals surface area contributed by atoms with Gasteiger partial charge in [0.2, 0.25) is 5.78 Å². The highest BCUT2D eigenvalue weighted by Crippen LogP contribution is 2.53. The van der Waals surface area contributed by atoms with Gasteiger partial charge in [-0.15, -0.1) is 0 Å². The van der Waals surface area contributed by atoms with Crippen molar-refractivity contribution in [3.63, 3.8) is 0 Å². The van der Waals surface area contributed by atoms with Crippen molar-refractivity contribution in [2.24, 2.45) is 17.6 Å². The molecule has 1 aromatic rings. The van der Waals surface area contributed by atoms with Gasteiger partial charge in [0.1, 0.15) is 22.8 Å². The number of benzene rings is 1. The third-order valence-electron chi connectivity index (χ3n) is 7.29. The minimum absolute atomic E-state index is 0.0300. The van der Waals surface area contributed by atoms with Crippen LogP contribution in [0.1, 0.15) is 40.4 Å². The predicted molar refractivity (Wildman–Crippen MR) is 119 cm³/mol. The van der Waals surface area contributed by atoms with Gasteiger partial charge in [-0.1, -0.05) is 0 Å². The number of hydrogen-bond donors (Lipinski definition) is 5. The number of phenolic OH excluding ortho intramolecular Hbond substituents is 1. The number of primary amides is 1. The van der Waals surface area contributed by atoms with Gasteiger partial charge in [0, 0.05) is 17.1 Å². The van der Waals surface area contributed by atoms with Crippen molar-refractivity contribution in [1.29, 1.82) is 0 Å². The lowest BCUT2D eigenvalue weighted by Crippen LogP contribution is -2.65. The Morgan fingerprint density at radius 2 is 1.79 bits per heavy atom. The number of fused-ring (bicyclic) bond motifs is 3. The molecular formula is C24H26N2O8. The molecule has 0 bridgehead atoms. The highest BCUT2D eigenvalue weighted by Gasteiger charge is 2.64. The highest BCUT2D eigenvalue weighted by atomic mass is 16.3. The zero-order valence-electron chi connectivity index (χ0n) is 19.2. The number of nitrogens with zero attached hydrogens (tertiary/aromatic N) is 1. The minimum atomic E-state index is -2.69. The fraction of sp³-hybridized carbons (Fsp3) is 0.417. The Kier molecular flexibility index (Phi) is 5.22. The Hall–Kier alpha value is -3.50. The van der Waals surface area contributed by atoms with Crippen LogP contribution < -0.4 is 5.73 Å². The summed E-state index contributed by atoms with van der Waals surface area (Å²) in [6.45, 7) is 2.89. The number of aryl methyl sites for hydroxylation is 1. The van der Waals surface area contributed by atoms with Gasteiger partial charge in [0.05, 0.1) is 11.6 Å². The molecule has 3 aliphatic carbocycles. The molecule has 4 atom stereocenters. The molecule has 1 saturated carbocycles. The van der Waals surface area contributed by atoms with Gasteiger partial charge in [-0.3, -0.25) is 24.1 Å². The first-order valence-corrected chi connectivity index (χ1v) is 10.8. The van der Waals surface area contributed by atoms with E-state index >= 15 is 0 Å². The monoisotopic (exact) mass is 470 g/mol. The molecular weight excluding hydrogens is 444 g/mol. The van der Waals surface area contributed by atoms with Gasteiger partial charge < -0.3 is 26.2 Å². The maximum Gasteiger partial charge on any atom is 0.255 e. The largest absolute Gasteiger partial charge is 0.508 e. The molecule has 34 heavy (non-hydrogen) atoms. The van der Waals surface area contributed by atoms with Crippen LogP contribution >= 0.6 is 0 Å². The van der Waals surface area contributed by atoms with E-state index in [1.54, 1.807) is 6.92 Å². The molecule has 0 heterocycles. The molecule has 10 heteroatoms. The summed E-state index contributed by atoms with van der Waals surface area (Å²) in [6.07, 6.45) is 0.0506. The van der Waals surface area contributed by atoms with E-state index in [1.807, 2.05) is 0 Å². The summed E-state index contributed by atoms with van der Waals surface area (Å²) in [6, 6.07) is 0.354. The number of amides is 1. The van der Waals surface area contributed by atoms with E-state index in [9.17, 15) is 39.6 Å². The first-order valence-electron chi connectivity index (χ1n) is 10.8. The van der Waals surface area contributed by atoms with E-state index in [2.05, 4.69) is 0 Å². The first-order chi connectivity index (χ1) is 15.7. The zero-order chi connectivity index (χ0) is 25.4. The molecule has 0 spiro atoms. The Bertz CT molecular complexity index is 1260. The molecule has 0 aliphatic heterocycles. The Morgan fingerprint density at radius 1 is 1.18 bits per heavy atom. The number of phenols is 1. The summed E-state index contributed by atoms with van der Waals surface area (Å²) in [7, 11) is 3.06. The smallest absolute Gasteiger partial charge is 0.255 e. The summed E-state index contributed by atoms with van der Waals surface area (Å²) >= 11 is 0. The quantitative estimate of drug-likeness (QED) is 0.310. The minimum Gasteiger partial charge on any atom is -0.508 e. The molecule has 4 rings (SSSR count). The Balaban J connectivity index is 2.02. The average molecular weight is 470 g/mol. The molecule has 10 nitrogen and oxygen atoms in total. The molecule has 0 saturated heterocycles. The molecule has 0 aromatic heterocycles. The molecule has 1 aromatic carbocycles. The normalized spacial score (nSPS) is 28.6.